The molecule has 0 aromatic heterocycles. The maximum Gasteiger partial charge on any atom is 0.122 e. The van der Waals surface area contributed by atoms with E-state index < -0.39 is 0 Å². The number of nitrogens with one attached hydrogen (secondary N) is 1. The molecule has 0 fully saturated rings. The van der Waals surface area contributed by atoms with Gasteiger partial charge in [0.1, 0.15) is 5.75 Å². The first-order valence-corrected chi connectivity index (χ1v) is 5.64. The largest absolute Gasteiger partial charge is 0.496 e. The van der Waals surface area contributed by atoms with Crippen molar-refractivity contribution in [2.75, 3.05) is 28.3 Å². The van der Waals surface area contributed by atoms with Gasteiger partial charge in [-0.2, -0.15) is 0 Å². The van der Waals surface area contributed by atoms with Gasteiger partial charge in [-0.15, -0.1) is 0 Å². The van der Waals surface area contributed by atoms with Gasteiger partial charge in [0.2, 0.25) is 0 Å². The molecule has 0 saturated carbocycles. The Morgan fingerprint density at radius 3 is 2.50 bits per heavy atom. The second kappa shape index (κ2) is 5.87. The summed E-state index contributed by atoms with van der Waals surface area (Å²) < 4.78 is 5.33. The molecule has 0 aliphatic rings. The van der Waals surface area contributed by atoms with Gasteiger partial charge < -0.3 is 10.1 Å². The predicted molar refractivity (Wildman–Crippen MR) is 67.9 cm³/mol. The van der Waals surface area contributed by atoms with Crippen LogP contribution in [-0.2, 0) is 6.42 Å². The number of benzene rings is 1. The Bertz CT molecular complexity index is 337. The zero-order chi connectivity index (χ0) is 12.1. The minimum atomic E-state index is 0.246. The summed E-state index contributed by atoms with van der Waals surface area (Å²) in [5.41, 5.74) is 2.52. The fourth-order valence-corrected chi connectivity index (χ4v) is 1.97. The zero-order valence-corrected chi connectivity index (χ0v) is 10.9. The molecule has 1 rings (SSSR count). The summed E-state index contributed by atoms with van der Waals surface area (Å²) in [6.07, 6.45) is 1.23. The Morgan fingerprint density at radius 2 is 2.06 bits per heavy atom. The van der Waals surface area contributed by atoms with Gasteiger partial charge in [0.05, 0.1) is 13.3 Å². The molecule has 0 aliphatic carbocycles. The summed E-state index contributed by atoms with van der Waals surface area (Å²) in [5, 5.41) is 3.29. The zero-order valence-electron chi connectivity index (χ0n) is 10.9. The van der Waals surface area contributed by atoms with Crippen LogP contribution in [0.25, 0.3) is 0 Å². The van der Waals surface area contributed by atoms with Crippen LogP contribution in [0.5, 0.6) is 5.75 Å². The van der Waals surface area contributed by atoms with Gasteiger partial charge in [-0.25, -0.2) is 0 Å². The second-order valence-corrected chi connectivity index (χ2v) is 4.08. The molecule has 1 unspecified atom stereocenters. The molecular formula is C13H22N2O. The van der Waals surface area contributed by atoms with Crippen LogP contribution < -0.4 is 10.1 Å². The number of methoxy groups -OCH3 is 1. The van der Waals surface area contributed by atoms with Gasteiger partial charge in [0.15, 0.2) is 0 Å². The van der Waals surface area contributed by atoms with Crippen LogP contribution in [0.15, 0.2) is 18.2 Å². The standard InChI is InChI=1S/C13H22N2O/c1-6-10-9-11(7-8-12(10)16-5)13(14-2)15(3)4/h7-9,13-14H,6H2,1-5H3. The Hall–Kier alpha value is -1.06. The average Bonchev–Trinajstić information content (AvgIpc) is 2.29. The van der Waals surface area contributed by atoms with Crippen LogP contribution in [0.1, 0.15) is 24.2 Å². The van der Waals surface area contributed by atoms with Crippen LogP contribution in [0.4, 0.5) is 0 Å². The maximum absolute atomic E-state index is 5.33. The molecule has 0 bridgehead atoms. The molecule has 0 heterocycles. The highest BCUT2D eigenvalue weighted by atomic mass is 16.5. The number of ether oxygens (including phenoxy) is 1. The van der Waals surface area contributed by atoms with Crippen molar-refractivity contribution in [2.24, 2.45) is 0 Å². The lowest BCUT2D eigenvalue weighted by atomic mass is 10.1. The average molecular weight is 222 g/mol. The Morgan fingerprint density at radius 1 is 1.38 bits per heavy atom. The number of hydrogen-bond donors (Lipinski definition) is 1. The molecule has 3 nitrogen and oxygen atoms in total. The van der Waals surface area contributed by atoms with E-state index in [2.05, 4.69) is 43.4 Å². The van der Waals surface area contributed by atoms with E-state index in [0.717, 1.165) is 12.2 Å². The molecule has 1 aromatic rings. The molecule has 0 spiro atoms. The lowest BCUT2D eigenvalue weighted by Gasteiger charge is -2.25. The first-order valence-electron chi connectivity index (χ1n) is 5.64. The van der Waals surface area contributed by atoms with Crippen molar-refractivity contribution in [3.63, 3.8) is 0 Å². The quantitative estimate of drug-likeness (QED) is 0.772. The van der Waals surface area contributed by atoms with E-state index in [1.807, 2.05) is 13.1 Å². The van der Waals surface area contributed by atoms with Gasteiger partial charge in [-0.1, -0.05) is 13.0 Å². The number of hydrogen-bond acceptors (Lipinski definition) is 3. The van der Waals surface area contributed by atoms with Crippen LogP contribution in [0, 0.1) is 0 Å². The Balaban J connectivity index is 3.06. The van der Waals surface area contributed by atoms with Gasteiger partial charge in [-0.05, 0) is 50.8 Å². The summed E-state index contributed by atoms with van der Waals surface area (Å²) in [7, 11) is 7.82. The molecule has 0 amide bonds. The van der Waals surface area contributed by atoms with Crippen LogP contribution in [0.3, 0.4) is 0 Å². The molecule has 3 heteroatoms. The summed E-state index contributed by atoms with van der Waals surface area (Å²) in [6, 6.07) is 6.36. The Labute approximate surface area is 98.4 Å². The van der Waals surface area contributed by atoms with Gasteiger partial charge in [-0.3, -0.25) is 4.90 Å². The van der Waals surface area contributed by atoms with Crippen molar-refractivity contribution in [1.29, 1.82) is 0 Å². The predicted octanol–water partition coefficient (Wildman–Crippen LogP) is 2.04. The van der Waals surface area contributed by atoms with Crippen molar-refractivity contribution in [1.82, 2.24) is 10.2 Å². The highest BCUT2D eigenvalue weighted by Crippen LogP contribution is 2.24. The molecule has 16 heavy (non-hydrogen) atoms. The number of aryl methyl sites for hydroxylation is 1. The highest BCUT2D eigenvalue weighted by Gasteiger charge is 2.13. The van der Waals surface area contributed by atoms with E-state index in [1.165, 1.54) is 11.1 Å². The molecule has 0 radical (unpaired) electrons. The van der Waals surface area contributed by atoms with Crippen molar-refractivity contribution in [2.45, 2.75) is 19.5 Å². The van der Waals surface area contributed by atoms with Crippen molar-refractivity contribution in [3.8, 4) is 5.75 Å². The van der Waals surface area contributed by atoms with Crippen molar-refractivity contribution < 1.29 is 4.74 Å². The SMILES string of the molecule is CCc1cc(C(NC)N(C)C)ccc1OC. The minimum absolute atomic E-state index is 0.246. The minimum Gasteiger partial charge on any atom is -0.496 e. The molecular weight excluding hydrogens is 200 g/mol. The first-order chi connectivity index (χ1) is 7.63. The summed E-state index contributed by atoms with van der Waals surface area (Å²) in [4.78, 5) is 2.15. The molecule has 1 atom stereocenters. The van der Waals surface area contributed by atoms with Crippen molar-refractivity contribution in [3.05, 3.63) is 29.3 Å². The fraction of sp³-hybridized carbons (Fsp3) is 0.538. The van der Waals surface area contributed by atoms with Gasteiger partial charge >= 0.3 is 0 Å². The summed E-state index contributed by atoms with van der Waals surface area (Å²) in [5.74, 6) is 0.972. The second-order valence-electron chi connectivity index (χ2n) is 4.08. The summed E-state index contributed by atoms with van der Waals surface area (Å²) >= 11 is 0. The fourth-order valence-electron chi connectivity index (χ4n) is 1.97. The smallest absolute Gasteiger partial charge is 0.122 e. The van der Waals surface area contributed by atoms with Crippen LogP contribution >= 0.6 is 0 Å². The highest BCUT2D eigenvalue weighted by molar-refractivity contribution is 5.38. The topological polar surface area (TPSA) is 24.5 Å². The van der Waals surface area contributed by atoms with E-state index >= 15 is 0 Å². The molecule has 0 saturated heterocycles. The molecule has 0 aliphatic heterocycles. The van der Waals surface area contributed by atoms with Gasteiger partial charge in [0.25, 0.3) is 0 Å². The molecule has 1 N–H and O–H groups in total. The van der Waals surface area contributed by atoms with Crippen LogP contribution in [-0.4, -0.2) is 33.2 Å². The maximum atomic E-state index is 5.33. The van der Waals surface area contributed by atoms with E-state index in [9.17, 15) is 0 Å². The third-order valence-corrected chi connectivity index (χ3v) is 2.79. The van der Waals surface area contributed by atoms with Gasteiger partial charge in [0, 0.05) is 0 Å². The van der Waals surface area contributed by atoms with Crippen molar-refractivity contribution >= 4 is 0 Å². The van der Waals surface area contributed by atoms with E-state index in [0.29, 0.717) is 0 Å². The molecule has 1 aromatic carbocycles. The van der Waals surface area contributed by atoms with E-state index in [-0.39, 0.29) is 6.17 Å². The number of rotatable bonds is 5. The monoisotopic (exact) mass is 222 g/mol. The van der Waals surface area contributed by atoms with Crippen LogP contribution in [0.2, 0.25) is 0 Å². The lowest BCUT2D eigenvalue weighted by molar-refractivity contribution is 0.264. The Kier molecular flexibility index (Phi) is 4.77. The molecule has 90 valence electrons. The third-order valence-electron chi connectivity index (χ3n) is 2.79. The number of nitrogens with zero attached hydrogens (tertiary/aromatic N) is 1. The van der Waals surface area contributed by atoms with E-state index in [1.54, 1.807) is 7.11 Å². The first kappa shape index (κ1) is 13.0. The third kappa shape index (κ3) is 2.74. The summed E-state index contributed by atoms with van der Waals surface area (Å²) in [6.45, 7) is 2.14. The van der Waals surface area contributed by atoms with E-state index in [4.69, 9.17) is 4.74 Å². The lowest BCUT2D eigenvalue weighted by Crippen LogP contribution is -2.30. The normalized spacial score (nSPS) is 12.9.